The molecule has 92 valence electrons. The number of hydrogen-bond acceptors (Lipinski definition) is 2. The highest BCUT2D eigenvalue weighted by molar-refractivity contribution is 6.42. The minimum absolute atomic E-state index is 0.00341. The van der Waals surface area contributed by atoms with Crippen molar-refractivity contribution in [2.75, 3.05) is 6.61 Å². The van der Waals surface area contributed by atoms with Gasteiger partial charge in [0.15, 0.2) is 0 Å². The monoisotopic (exact) mass is 273 g/mol. The van der Waals surface area contributed by atoms with E-state index < -0.39 is 0 Å². The lowest BCUT2D eigenvalue weighted by Crippen LogP contribution is -2.32. The largest absolute Gasteiger partial charge is 0.394 e. The van der Waals surface area contributed by atoms with Crippen LogP contribution in [0.5, 0.6) is 0 Å². The molecule has 1 saturated heterocycles. The first-order valence-electron chi connectivity index (χ1n) is 5.46. The summed E-state index contributed by atoms with van der Waals surface area (Å²) in [5.74, 6) is 0. The number of carbonyl (C=O) groups is 1. The van der Waals surface area contributed by atoms with Crippen LogP contribution in [0.2, 0.25) is 10.0 Å². The molecule has 0 aliphatic carbocycles. The zero-order chi connectivity index (χ0) is 12.4. The summed E-state index contributed by atoms with van der Waals surface area (Å²) in [6.07, 6.45) is 2.43. The Morgan fingerprint density at radius 2 is 2.12 bits per heavy atom. The standard InChI is InChI=1S/C12H13Cl2NO2/c13-10-3-1-8(5-11(10)14)12-4-2-9(6-16)15(12)7-17/h1,3,5,7,9,12,16H,2,4,6H2. The molecular weight excluding hydrogens is 261 g/mol. The number of rotatable bonds is 3. The molecule has 0 aromatic heterocycles. The third-order valence-electron chi connectivity index (χ3n) is 3.22. The molecule has 1 heterocycles. The number of benzene rings is 1. The number of amides is 1. The molecule has 1 N–H and O–H groups in total. The molecule has 1 aromatic carbocycles. The molecule has 2 atom stereocenters. The summed E-state index contributed by atoms with van der Waals surface area (Å²) >= 11 is 11.8. The van der Waals surface area contributed by atoms with Crippen molar-refractivity contribution in [3.8, 4) is 0 Å². The summed E-state index contributed by atoms with van der Waals surface area (Å²) in [7, 11) is 0. The van der Waals surface area contributed by atoms with Gasteiger partial charge in [-0.15, -0.1) is 0 Å². The van der Waals surface area contributed by atoms with E-state index in [2.05, 4.69) is 0 Å². The predicted octanol–water partition coefficient (Wildman–Crippen LogP) is 2.65. The Kier molecular flexibility index (Phi) is 3.92. The summed E-state index contributed by atoms with van der Waals surface area (Å²) in [5, 5.41) is 10.2. The van der Waals surface area contributed by atoms with E-state index in [1.165, 1.54) is 0 Å². The lowest BCUT2D eigenvalue weighted by atomic mass is 10.1. The van der Waals surface area contributed by atoms with Gasteiger partial charge in [0, 0.05) is 0 Å². The molecule has 1 fully saturated rings. The van der Waals surface area contributed by atoms with Crippen LogP contribution in [0.1, 0.15) is 24.4 Å². The molecule has 0 radical (unpaired) electrons. The topological polar surface area (TPSA) is 40.5 Å². The molecule has 1 aliphatic rings. The number of halogens is 2. The van der Waals surface area contributed by atoms with Crippen LogP contribution in [0.15, 0.2) is 18.2 Å². The average Bonchev–Trinajstić information content (AvgIpc) is 2.75. The maximum absolute atomic E-state index is 11.1. The normalized spacial score (nSPS) is 24.1. The van der Waals surface area contributed by atoms with Gasteiger partial charge >= 0.3 is 0 Å². The van der Waals surface area contributed by atoms with Crippen molar-refractivity contribution in [3.05, 3.63) is 33.8 Å². The van der Waals surface area contributed by atoms with Crippen molar-refractivity contribution in [2.24, 2.45) is 0 Å². The van der Waals surface area contributed by atoms with Crippen molar-refractivity contribution in [2.45, 2.75) is 24.9 Å². The van der Waals surface area contributed by atoms with E-state index in [4.69, 9.17) is 23.2 Å². The maximum atomic E-state index is 11.1. The van der Waals surface area contributed by atoms with Crippen LogP contribution < -0.4 is 0 Å². The number of hydrogen-bond donors (Lipinski definition) is 1. The Morgan fingerprint density at radius 3 is 2.71 bits per heavy atom. The van der Waals surface area contributed by atoms with E-state index in [0.29, 0.717) is 10.0 Å². The summed E-state index contributed by atoms with van der Waals surface area (Å²) in [4.78, 5) is 12.7. The Labute approximate surface area is 110 Å². The van der Waals surface area contributed by atoms with E-state index in [9.17, 15) is 9.90 Å². The highest BCUT2D eigenvalue weighted by Crippen LogP contribution is 2.36. The first-order valence-corrected chi connectivity index (χ1v) is 6.21. The van der Waals surface area contributed by atoms with E-state index in [-0.39, 0.29) is 18.7 Å². The van der Waals surface area contributed by atoms with Gasteiger partial charge in [0.2, 0.25) is 6.41 Å². The van der Waals surface area contributed by atoms with Crippen LogP contribution in [-0.4, -0.2) is 29.1 Å². The van der Waals surface area contributed by atoms with Crippen LogP contribution in [0.4, 0.5) is 0 Å². The minimum atomic E-state index is -0.0908. The van der Waals surface area contributed by atoms with Crippen molar-refractivity contribution in [3.63, 3.8) is 0 Å². The Bertz CT molecular complexity index is 425. The molecule has 0 bridgehead atoms. The smallest absolute Gasteiger partial charge is 0.210 e. The quantitative estimate of drug-likeness (QED) is 0.861. The van der Waals surface area contributed by atoms with Gasteiger partial charge in [0.05, 0.1) is 28.7 Å². The first-order chi connectivity index (χ1) is 8.17. The van der Waals surface area contributed by atoms with Crippen LogP contribution in [-0.2, 0) is 4.79 Å². The fourth-order valence-electron chi connectivity index (χ4n) is 2.31. The minimum Gasteiger partial charge on any atom is -0.394 e. The second kappa shape index (κ2) is 5.25. The van der Waals surface area contributed by atoms with E-state index in [1.807, 2.05) is 6.07 Å². The van der Waals surface area contributed by atoms with Crippen LogP contribution >= 0.6 is 23.2 Å². The van der Waals surface area contributed by atoms with Gasteiger partial charge in [-0.05, 0) is 30.5 Å². The van der Waals surface area contributed by atoms with Crippen LogP contribution in [0.3, 0.4) is 0 Å². The van der Waals surface area contributed by atoms with Crippen molar-refractivity contribution in [1.29, 1.82) is 0 Å². The van der Waals surface area contributed by atoms with Gasteiger partial charge in [-0.3, -0.25) is 4.79 Å². The molecule has 2 unspecified atom stereocenters. The summed E-state index contributed by atoms with van der Waals surface area (Å²) in [6, 6.07) is 5.28. The molecule has 2 rings (SSSR count). The average molecular weight is 274 g/mol. The maximum Gasteiger partial charge on any atom is 0.210 e. The van der Waals surface area contributed by atoms with Gasteiger partial charge in [0.25, 0.3) is 0 Å². The van der Waals surface area contributed by atoms with Gasteiger partial charge in [0.1, 0.15) is 0 Å². The van der Waals surface area contributed by atoms with Crippen molar-refractivity contribution in [1.82, 2.24) is 4.90 Å². The fraction of sp³-hybridized carbons (Fsp3) is 0.417. The predicted molar refractivity (Wildman–Crippen MR) is 67.2 cm³/mol. The highest BCUT2D eigenvalue weighted by Gasteiger charge is 2.32. The second-order valence-electron chi connectivity index (χ2n) is 4.16. The second-order valence-corrected chi connectivity index (χ2v) is 4.97. The highest BCUT2D eigenvalue weighted by atomic mass is 35.5. The lowest BCUT2D eigenvalue weighted by Gasteiger charge is -2.25. The van der Waals surface area contributed by atoms with E-state index in [0.717, 1.165) is 24.8 Å². The van der Waals surface area contributed by atoms with Gasteiger partial charge in [-0.2, -0.15) is 0 Å². The van der Waals surface area contributed by atoms with Gasteiger partial charge in [-0.25, -0.2) is 0 Å². The number of likely N-dealkylation sites (tertiary alicyclic amines) is 1. The Morgan fingerprint density at radius 1 is 1.35 bits per heavy atom. The molecule has 1 amide bonds. The van der Waals surface area contributed by atoms with Crippen LogP contribution in [0.25, 0.3) is 0 Å². The zero-order valence-electron chi connectivity index (χ0n) is 9.14. The summed E-state index contributed by atoms with van der Waals surface area (Å²) in [5.41, 5.74) is 0.961. The van der Waals surface area contributed by atoms with E-state index in [1.54, 1.807) is 17.0 Å². The molecule has 0 spiro atoms. The van der Waals surface area contributed by atoms with Crippen LogP contribution in [0, 0.1) is 0 Å². The number of carbonyl (C=O) groups excluding carboxylic acids is 1. The number of aliphatic hydroxyl groups excluding tert-OH is 1. The summed E-state index contributed by atoms with van der Waals surface area (Å²) in [6.45, 7) is -0.00341. The van der Waals surface area contributed by atoms with Crippen molar-refractivity contribution < 1.29 is 9.90 Å². The first kappa shape index (κ1) is 12.7. The lowest BCUT2D eigenvalue weighted by molar-refractivity contribution is -0.121. The molecular formula is C12H13Cl2NO2. The molecule has 1 aromatic rings. The molecule has 17 heavy (non-hydrogen) atoms. The summed E-state index contributed by atoms with van der Waals surface area (Å²) < 4.78 is 0. The van der Waals surface area contributed by atoms with Gasteiger partial charge < -0.3 is 10.0 Å². The molecule has 3 nitrogen and oxygen atoms in total. The zero-order valence-corrected chi connectivity index (χ0v) is 10.7. The van der Waals surface area contributed by atoms with Crippen molar-refractivity contribution >= 4 is 29.6 Å². The Hall–Kier alpha value is -0.770. The number of aliphatic hydroxyl groups is 1. The SMILES string of the molecule is O=CN1C(CO)CCC1c1ccc(Cl)c(Cl)c1. The number of nitrogens with zero attached hydrogens (tertiary/aromatic N) is 1. The molecule has 1 aliphatic heterocycles. The Balaban J connectivity index is 2.27. The van der Waals surface area contributed by atoms with Gasteiger partial charge in [-0.1, -0.05) is 29.3 Å². The van der Waals surface area contributed by atoms with E-state index >= 15 is 0 Å². The third-order valence-corrected chi connectivity index (χ3v) is 3.95. The molecule has 0 saturated carbocycles. The third kappa shape index (κ3) is 2.41. The fourth-order valence-corrected chi connectivity index (χ4v) is 2.61. The molecule has 5 heteroatoms.